The van der Waals surface area contributed by atoms with Gasteiger partial charge in [-0.2, -0.15) is 0 Å². The number of anilines is 1. The number of rotatable bonds is 3. The third-order valence-electron chi connectivity index (χ3n) is 4.71. The summed E-state index contributed by atoms with van der Waals surface area (Å²) < 4.78 is 19.2. The van der Waals surface area contributed by atoms with Crippen LogP contribution < -0.4 is 15.4 Å². The van der Waals surface area contributed by atoms with Crippen LogP contribution in [0.3, 0.4) is 0 Å². The van der Waals surface area contributed by atoms with Crippen molar-refractivity contribution < 1.29 is 23.5 Å². The van der Waals surface area contributed by atoms with Crippen LogP contribution in [-0.4, -0.2) is 35.9 Å². The van der Waals surface area contributed by atoms with Gasteiger partial charge in [-0.1, -0.05) is 30.3 Å². The van der Waals surface area contributed by atoms with Crippen molar-refractivity contribution in [2.75, 3.05) is 18.5 Å². The monoisotopic (exact) mass is 369 g/mol. The molecule has 0 bridgehead atoms. The molecule has 2 aromatic rings. The van der Waals surface area contributed by atoms with Crippen LogP contribution in [0.1, 0.15) is 12.0 Å². The van der Waals surface area contributed by atoms with Crippen molar-refractivity contribution in [3.8, 4) is 5.75 Å². The van der Waals surface area contributed by atoms with Gasteiger partial charge in [-0.3, -0.25) is 14.5 Å². The van der Waals surface area contributed by atoms with Gasteiger partial charge in [0.2, 0.25) is 5.91 Å². The Morgan fingerprint density at radius 3 is 2.74 bits per heavy atom. The number of hydrogen-bond acceptors (Lipinski definition) is 4. The maximum absolute atomic E-state index is 13.7. The zero-order chi connectivity index (χ0) is 19.0. The highest BCUT2D eigenvalue weighted by Gasteiger charge is 2.55. The number of nitrogens with one attached hydrogen (secondary N) is 2. The number of amides is 4. The Hall–Kier alpha value is -3.42. The van der Waals surface area contributed by atoms with Gasteiger partial charge in [-0.25, -0.2) is 9.18 Å². The van der Waals surface area contributed by atoms with Crippen molar-refractivity contribution in [2.24, 2.45) is 0 Å². The second-order valence-electron chi connectivity index (χ2n) is 6.35. The largest absolute Gasteiger partial charge is 0.493 e. The summed E-state index contributed by atoms with van der Waals surface area (Å²) in [6, 6.07) is 12.0. The van der Waals surface area contributed by atoms with Crippen LogP contribution >= 0.6 is 0 Å². The Morgan fingerprint density at radius 1 is 1.19 bits per heavy atom. The number of carbonyl (C=O) groups is 3. The number of nitrogens with zero attached hydrogens (tertiary/aromatic N) is 1. The molecule has 2 aliphatic rings. The number of para-hydroxylation sites is 2. The normalized spacial score (nSPS) is 20.9. The Morgan fingerprint density at radius 2 is 1.93 bits per heavy atom. The summed E-state index contributed by atoms with van der Waals surface area (Å²) in [6.45, 7) is -0.248. The van der Waals surface area contributed by atoms with Crippen molar-refractivity contribution in [3.63, 3.8) is 0 Å². The fourth-order valence-electron chi connectivity index (χ4n) is 3.41. The lowest BCUT2D eigenvalue weighted by Gasteiger charge is -2.33. The van der Waals surface area contributed by atoms with E-state index in [2.05, 4.69) is 10.6 Å². The number of imide groups is 1. The fourth-order valence-corrected chi connectivity index (χ4v) is 3.41. The first-order valence-electron chi connectivity index (χ1n) is 8.42. The summed E-state index contributed by atoms with van der Waals surface area (Å²) in [6.07, 6.45) is 0.264. The average molecular weight is 369 g/mol. The zero-order valence-corrected chi connectivity index (χ0v) is 14.2. The maximum Gasteiger partial charge on any atom is 0.325 e. The average Bonchev–Trinajstić information content (AvgIpc) is 2.89. The smallest absolute Gasteiger partial charge is 0.325 e. The van der Waals surface area contributed by atoms with Gasteiger partial charge in [-0.15, -0.1) is 0 Å². The highest BCUT2D eigenvalue weighted by Crippen LogP contribution is 2.40. The summed E-state index contributed by atoms with van der Waals surface area (Å²) >= 11 is 0. The molecule has 0 aliphatic carbocycles. The maximum atomic E-state index is 13.7. The molecule has 1 fully saturated rings. The lowest BCUT2D eigenvalue weighted by atomic mass is 9.84. The number of halogens is 1. The number of fused-ring (bicyclic) bond motifs is 2. The van der Waals surface area contributed by atoms with E-state index < -0.39 is 35.7 Å². The van der Waals surface area contributed by atoms with E-state index in [4.69, 9.17) is 4.74 Å². The summed E-state index contributed by atoms with van der Waals surface area (Å²) in [4.78, 5) is 38.6. The summed E-state index contributed by atoms with van der Waals surface area (Å²) in [7, 11) is 0. The number of benzene rings is 2. The predicted molar refractivity (Wildman–Crippen MR) is 93.5 cm³/mol. The molecule has 8 heteroatoms. The van der Waals surface area contributed by atoms with Crippen molar-refractivity contribution >= 4 is 23.5 Å². The first-order valence-corrected chi connectivity index (χ1v) is 8.42. The van der Waals surface area contributed by atoms with E-state index >= 15 is 0 Å². The molecule has 4 amide bonds. The van der Waals surface area contributed by atoms with Gasteiger partial charge in [0.15, 0.2) is 5.54 Å². The van der Waals surface area contributed by atoms with Crippen LogP contribution in [0.5, 0.6) is 5.75 Å². The molecule has 1 unspecified atom stereocenters. The third-order valence-corrected chi connectivity index (χ3v) is 4.71. The van der Waals surface area contributed by atoms with Gasteiger partial charge in [0, 0.05) is 12.0 Å². The van der Waals surface area contributed by atoms with E-state index in [0.29, 0.717) is 11.3 Å². The lowest BCUT2D eigenvalue weighted by Crippen LogP contribution is -2.48. The molecule has 2 heterocycles. The van der Waals surface area contributed by atoms with Gasteiger partial charge in [0.05, 0.1) is 12.3 Å². The Kier molecular flexibility index (Phi) is 4.02. The molecule has 1 atom stereocenters. The lowest BCUT2D eigenvalue weighted by molar-refractivity contribution is -0.135. The van der Waals surface area contributed by atoms with E-state index in [1.54, 1.807) is 30.3 Å². The fraction of sp³-hybridized carbons (Fsp3) is 0.211. The summed E-state index contributed by atoms with van der Waals surface area (Å²) in [5.41, 5.74) is -0.697. The van der Waals surface area contributed by atoms with Crippen molar-refractivity contribution in [1.29, 1.82) is 0 Å². The minimum Gasteiger partial charge on any atom is -0.493 e. The second kappa shape index (κ2) is 6.39. The molecule has 0 aromatic heterocycles. The topological polar surface area (TPSA) is 87.7 Å². The number of carbonyl (C=O) groups excluding carboxylic acids is 3. The van der Waals surface area contributed by atoms with Gasteiger partial charge in [0.25, 0.3) is 5.91 Å². The molecular formula is C19H16FN3O4. The van der Waals surface area contributed by atoms with E-state index in [-0.39, 0.29) is 18.7 Å². The van der Waals surface area contributed by atoms with Gasteiger partial charge in [-0.05, 0) is 18.2 Å². The highest BCUT2D eigenvalue weighted by molar-refractivity contribution is 6.10. The molecule has 138 valence electrons. The SMILES string of the molecule is O=C(CN1C(=O)NC2(CCOc3ccccc32)C1=O)Nc1ccccc1F. The molecule has 2 aromatic carbocycles. The van der Waals surface area contributed by atoms with E-state index in [0.717, 1.165) is 4.90 Å². The minimum absolute atomic E-state index is 0.0133. The van der Waals surface area contributed by atoms with Crippen molar-refractivity contribution in [1.82, 2.24) is 10.2 Å². The molecular weight excluding hydrogens is 353 g/mol. The molecule has 1 saturated heterocycles. The predicted octanol–water partition coefficient (Wildman–Crippen LogP) is 1.99. The summed E-state index contributed by atoms with van der Waals surface area (Å²) in [5.74, 6) is -1.26. The molecule has 7 nitrogen and oxygen atoms in total. The molecule has 27 heavy (non-hydrogen) atoms. The van der Waals surface area contributed by atoms with Gasteiger partial charge < -0.3 is 15.4 Å². The van der Waals surface area contributed by atoms with Gasteiger partial charge in [0.1, 0.15) is 18.1 Å². The van der Waals surface area contributed by atoms with Crippen LogP contribution in [0.2, 0.25) is 0 Å². The van der Waals surface area contributed by atoms with E-state index in [1.807, 2.05) is 0 Å². The standard InChI is InChI=1S/C19H16FN3O4/c20-13-6-2-3-7-14(13)21-16(24)11-23-17(25)19(22-18(23)26)9-10-27-15-8-4-1-5-12(15)19/h1-8H,9-11H2,(H,21,24)(H,22,26). The first kappa shape index (κ1) is 17.0. The van der Waals surface area contributed by atoms with Crippen LogP contribution in [0.4, 0.5) is 14.9 Å². The van der Waals surface area contributed by atoms with Crippen LogP contribution in [0, 0.1) is 5.82 Å². The molecule has 2 N–H and O–H groups in total. The van der Waals surface area contributed by atoms with Crippen molar-refractivity contribution in [2.45, 2.75) is 12.0 Å². The minimum atomic E-state index is -1.25. The first-order chi connectivity index (χ1) is 13.0. The number of hydrogen-bond donors (Lipinski definition) is 2. The van der Waals surface area contributed by atoms with Crippen molar-refractivity contribution in [3.05, 3.63) is 59.9 Å². The second-order valence-corrected chi connectivity index (χ2v) is 6.35. The number of urea groups is 1. The van der Waals surface area contributed by atoms with E-state index in [9.17, 15) is 18.8 Å². The third kappa shape index (κ3) is 2.79. The van der Waals surface area contributed by atoms with Crippen LogP contribution in [0.15, 0.2) is 48.5 Å². The van der Waals surface area contributed by atoms with Gasteiger partial charge >= 0.3 is 6.03 Å². The van der Waals surface area contributed by atoms with Crippen LogP contribution in [0.25, 0.3) is 0 Å². The Bertz CT molecular complexity index is 948. The number of ether oxygens (including phenoxy) is 1. The summed E-state index contributed by atoms with van der Waals surface area (Å²) in [5, 5.41) is 5.09. The highest BCUT2D eigenvalue weighted by atomic mass is 19.1. The zero-order valence-electron chi connectivity index (χ0n) is 14.2. The molecule has 4 rings (SSSR count). The van der Waals surface area contributed by atoms with E-state index in [1.165, 1.54) is 18.2 Å². The Balaban J connectivity index is 1.56. The van der Waals surface area contributed by atoms with Crippen LogP contribution in [-0.2, 0) is 15.1 Å². The quantitative estimate of drug-likeness (QED) is 0.810. The molecule has 0 saturated carbocycles. The molecule has 1 spiro atoms. The Labute approximate surface area is 154 Å². The molecule has 2 aliphatic heterocycles. The molecule has 0 radical (unpaired) electrons.